The summed E-state index contributed by atoms with van der Waals surface area (Å²) >= 11 is 0. The SMILES string of the molecule is CCn1ncc2c1-c1cnc(N)c(c1)OC(C)c1cc(C)ccc1-c1nc(C)cn1C2. The molecular weight excluding hydrogens is 388 g/mol. The predicted molar refractivity (Wildman–Crippen MR) is 121 cm³/mol. The van der Waals surface area contributed by atoms with Gasteiger partial charge in [-0.25, -0.2) is 9.97 Å². The van der Waals surface area contributed by atoms with Crippen molar-refractivity contribution in [2.24, 2.45) is 0 Å². The van der Waals surface area contributed by atoms with E-state index in [2.05, 4.69) is 52.9 Å². The molecule has 1 aliphatic rings. The lowest BCUT2D eigenvalue weighted by Crippen LogP contribution is -2.11. The summed E-state index contributed by atoms with van der Waals surface area (Å²) in [6.45, 7) is 9.65. The molecular formula is C24H26N6O. The highest BCUT2D eigenvalue weighted by Crippen LogP contribution is 2.37. The highest BCUT2D eigenvalue weighted by molar-refractivity contribution is 5.68. The van der Waals surface area contributed by atoms with Gasteiger partial charge in [0.05, 0.1) is 24.1 Å². The van der Waals surface area contributed by atoms with E-state index < -0.39 is 0 Å². The van der Waals surface area contributed by atoms with Gasteiger partial charge in [-0.15, -0.1) is 0 Å². The van der Waals surface area contributed by atoms with Crippen LogP contribution < -0.4 is 10.5 Å². The van der Waals surface area contributed by atoms with Gasteiger partial charge in [0.2, 0.25) is 0 Å². The Balaban J connectivity index is 1.81. The number of benzene rings is 1. The lowest BCUT2D eigenvalue weighted by atomic mass is 9.99. The number of nitrogen functional groups attached to an aromatic ring is 1. The highest BCUT2D eigenvalue weighted by Gasteiger charge is 2.23. The molecule has 0 aliphatic carbocycles. The smallest absolute Gasteiger partial charge is 0.166 e. The third kappa shape index (κ3) is 3.26. The first-order chi connectivity index (χ1) is 14.9. The van der Waals surface area contributed by atoms with E-state index in [0.29, 0.717) is 18.1 Å². The standard InChI is InChI=1S/C24H26N6O/c1-5-30-22-17-9-21(23(25)26-10-17)31-16(4)20-8-14(2)6-7-19(20)24-28-15(3)12-29(24)13-18(22)11-27-30/h6-12,16H,5,13H2,1-4H3,(H2,25,26). The third-order valence-electron chi connectivity index (χ3n) is 5.80. The number of fused-ring (bicyclic) bond motifs is 7. The number of aromatic nitrogens is 5. The van der Waals surface area contributed by atoms with Gasteiger partial charge in [-0.2, -0.15) is 5.10 Å². The molecule has 0 saturated heterocycles. The average Bonchev–Trinajstić information content (AvgIpc) is 3.32. The average molecular weight is 415 g/mol. The summed E-state index contributed by atoms with van der Waals surface area (Å²) in [7, 11) is 0. The third-order valence-corrected chi connectivity index (χ3v) is 5.80. The van der Waals surface area contributed by atoms with E-state index in [1.807, 2.05) is 30.8 Å². The summed E-state index contributed by atoms with van der Waals surface area (Å²) in [6.07, 6.45) is 5.59. The van der Waals surface area contributed by atoms with E-state index in [9.17, 15) is 0 Å². The molecule has 3 aromatic heterocycles. The fourth-order valence-corrected chi connectivity index (χ4v) is 4.33. The van der Waals surface area contributed by atoms with Crippen LogP contribution in [0.15, 0.2) is 42.9 Å². The number of imidazole rings is 1. The monoisotopic (exact) mass is 414 g/mol. The molecule has 2 N–H and O–H groups in total. The summed E-state index contributed by atoms with van der Waals surface area (Å²) in [5.41, 5.74) is 13.5. The first-order valence-electron chi connectivity index (χ1n) is 10.6. The minimum Gasteiger partial charge on any atom is -0.482 e. The second kappa shape index (κ2) is 7.27. The van der Waals surface area contributed by atoms with Crippen LogP contribution in [0.25, 0.3) is 22.6 Å². The molecule has 0 radical (unpaired) electrons. The molecule has 5 rings (SSSR count). The van der Waals surface area contributed by atoms with Crippen LogP contribution in [0.2, 0.25) is 0 Å². The fraction of sp³-hybridized carbons (Fsp3) is 0.292. The molecule has 1 atom stereocenters. The van der Waals surface area contributed by atoms with Crippen molar-refractivity contribution in [2.75, 3.05) is 5.73 Å². The Bertz CT molecular complexity index is 1290. The van der Waals surface area contributed by atoms with E-state index in [1.165, 1.54) is 5.56 Å². The van der Waals surface area contributed by atoms with Gasteiger partial charge < -0.3 is 15.0 Å². The Morgan fingerprint density at radius 2 is 2.03 bits per heavy atom. The summed E-state index contributed by atoms with van der Waals surface area (Å²) in [4.78, 5) is 9.31. The minimum absolute atomic E-state index is 0.227. The second-order valence-electron chi connectivity index (χ2n) is 8.13. The molecule has 4 heterocycles. The van der Waals surface area contributed by atoms with Gasteiger partial charge in [-0.1, -0.05) is 23.8 Å². The van der Waals surface area contributed by atoms with E-state index in [1.54, 1.807) is 6.20 Å². The Morgan fingerprint density at radius 3 is 2.84 bits per heavy atom. The van der Waals surface area contributed by atoms with E-state index in [-0.39, 0.29) is 6.10 Å². The lowest BCUT2D eigenvalue weighted by molar-refractivity contribution is 0.228. The van der Waals surface area contributed by atoms with Crippen LogP contribution >= 0.6 is 0 Å². The number of aryl methyl sites for hydroxylation is 3. The van der Waals surface area contributed by atoms with E-state index >= 15 is 0 Å². The van der Waals surface area contributed by atoms with Crippen molar-refractivity contribution in [2.45, 2.75) is 46.9 Å². The number of nitrogens with zero attached hydrogens (tertiary/aromatic N) is 5. The van der Waals surface area contributed by atoms with Gasteiger partial charge in [0, 0.05) is 41.2 Å². The summed E-state index contributed by atoms with van der Waals surface area (Å²) in [6, 6.07) is 8.38. The van der Waals surface area contributed by atoms with Gasteiger partial charge in [-0.3, -0.25) is 4.68 Å². The van der Waals surface area contributed by atoms with Crippen LogP contribution in [-0.4, -0.2) is 24.3 Å². The Morgan fingerprint density at radius 1 is 1.19 bits per heavy atom. The molecule has 2 bridgehead atoms. The number of hydrogen-bond acceptors (Lipinski definition) is 5. The molecule has 0 saturated carbocycles. The summed E-state index contributed by atoms with van der Waals surface area (Å²) < 4.78 is 10.6. The van der Waals surface area contributed by atoms with Crippen LogP contribution in [0.1, 0.15) is 42.3 Å². The molecule has 0 amide bonds. The van der Waals surface area contributed by atoms with Crippen molar-refractivity contribution < 1.29 is 4.74 Å². The minimum atomic E-state index is -0.227. The van der Waals surface area contributed by atoms with Crippen molar-refractivity contribution in [3.05, 3.63) is 65.2 Å². The van der Waals surface area contributed by atoms with Crippen molar-refractivity contribution in [1.29, 1.82) is 0 Å². The number of ether oxygens (including phenoxy) is 1. The van der Waals surface area contributed by atoms with Crippen LogP contribution in [0.5, 0.6) is 5.75 Å². The van der Waals surface area contributed by atoms with Gasteiger partial charge in [0.15, 0.2) is 11.6 Å². The number of hydrogen-bond donors (Lipinski definition) is 1. The van der Waals surface area contributed by atoms with Crippen molar-refractivity contribution in [1.82, 2.24) is 24.3 Å². The van der Waals surface area contributed by atoms with Crippen molar-refractivity contribution in [3.63, 3.8) is 0 Å². The zero-order valence-corrected chi connectivity index (χ0v) is 18.3. The fourth-order valence-electron chi connectivity index (χ4n) is 4.33. The molecule has 1 aliphatic heterocycles. The first kappa shape index (κ1) is 19.4. The zero-order chi connectivity index (χ0) is 21.7. The van der Waals surface area contributed by atoms with Crippen LogP contribution in [-0.2, 0) is 13.1 Å². The maximum absolute atomic E-state index is 6.37. The molecule has 4 aromatic rings. The molecule has 0 spiro atoms. The summed E-state index contributed by atoms with van der Waals surface area (Å²) in [5.74, 6) is 1.88. The maximum atomic E-state index is 6.37. The molecule has 7 heteroatoms. The van der Waals surface area contributed by atoms with Gasteiger partial charge in [0.25, 0.3) is 0 Å². The van der Waals surface area contributed by atoms with Crippen molar-refractivity contribution in [3.8, 4) is 28.4 Å². The Labute approximate surface area is 181 Å². The largest absolute Gasteiger partial charge is 0.482 e. The predicted octanol–water partition coefficient (Wildman–Crippen LogP) is 4.53. The number of nitrogens with two attached hydrogens (primary N) is 1. The van der Waals surface area contributed by atoms with Gasteiger partial charge in [0.1, 0.15) is 11.9 Å². The topological polar surface area (TPSA) is 83.8 Å². The van der Waals surface area contributed by atoms with E-state index in [4.69, 9.17) is 15.5 Å². The zero-order valence-electron chi connectivity index (χ0n) is 18.3. The highest BCUT2D eigenvalue weighted by atomic mass is 16.5. The van der Waals surface area contributed by atoms with Crippen LogP contribution in [0.3, 0.4) is 0 Å². The molecule has 1 aromatic carbocycles. The molecule has 31 heavy (non-hydrogen) atoms. The van der Waals surface area contributed by atoms with Crippen LogP contribution in [0.4, 0.5) is 5.82 Å². The quantitative estimate of drug-likeness (QED) is 0.495. The number of rotatable bonds is 1. The molecule has 0 fully saturated rings. The number of pyridine rings is 1. The van der Waals surface area contributed by atoms with E-state index in [0.717, 1.165) is 46.0 Å². The Hall–Kier alpha value is -3.61. The molecule has 7 nitrogen and oxygen atoms in total. The Kier molecular flexibility index (Phi) is 4.54. The molecule has 158 valence electrons. The van der Waals surface area contributed by atoms with Gasteiger partial charge in [-0.05, 0) is 33.8 Å². The van der Waals surface area contributed by atoms with Gasteiger partial charge >= 0.3 is 0 Å². The number of anilines is 1. The summed E-state index contributed by atoms with van der Waals surface area (Å²) in [5, 5.41) is 4.62. The lowest BCUT2D eigenvalue weighted by Gasteiger charge is -2.22. The second-order valence-corrected chi connectivity index (χ2v) is 8.13. The molecule has 1 unspecified atom stereocenters. The first-order valence-corrected chi connectivity index (χ1v) is 10.6. The van der Waals surface area contributed by atoms with Crippen molar-refractivity contribution >= 4 is 5.82 Å². The maximum Gasteiger partial charge on any atom is 0.166 e. The van der Waals surface area contributed by atoms with Crippen LogP contribution in [0, 0.1) is 13.8 Å². The normalized spacial score (nSPS) is 15.2.